The first kappa shape index (κ1) is 23.1. The molecule has 2 heterocycles. The summed E-state index contributed by atoms with van der Waals surface area (Å²) in [4.78, 5) is 30.0. The van der Waals surface area contributed by atoms with Crippen LogP contribution in [0.3, 0.4) is 0 Å². The number of fused-ring (bicyclic) bond motifs is 1. The molecule has 2 aromatic carbocycles. The lowest BCUT2D eigenvalue weighted by Gasteiger charge is -2.10. The molecule has 1 N–H and O–H groups in total. The molecule has 0 radical (unpaired) electrons. The summed E-state index contributed by atoms with van der Waals surface area (Å²) >= 11 is 1.28. The number of carbonyl (C=O) groups is 2. The quantitative estimate of drug-likeness (QED) is 0.346. The number of hydrogen-bond donors (Lipinski definition) is 1. The van der Waals surface area contributed by atoms with E-state index in [4.69, 9.17) is 9.47 Å². The van der Waals surface area contributed by atoms with Crippen LogP contribution in [-0.4, -0.2) is 37.4 Å². The standard InChI is InChI=1S/C26H21FN2O4S/c1-4-15-10-20(18-14-34-25-17(18)6-5-7-19(25)27)29-21(11-15)22(30)13-28-26(31)16-8-9-23(32-2)24(12-16)33-3/h4-12,14H,1,13H2,2-3H3,(H,28,31). The summed E-state index contributed by atoms with van der Waals surface area (Å²) in [6.07, 6.45) is 1.61. The maximum Gasteiger partial charge on any atom is 0.251 e. The van der Waals surface area contributed by atoms with E-state index in [9.17, 15) is 14.0 Å². The van der Waals surface area contributed by atoms with Crippen LogP contribution >= 0.6 is 11.3 Å². The third kappa shape index (κ3) is 4.53. The van der Waals surface area contributed by atoms with E-state index in [2.05, 4.69) is 16.9 Å². The number of benzene rings is 2. The van der Waals surface area contributed by atoms with Gasteiger partial charge in [0.1, 0.15) is 11.5 Å². The molecule has 8 heteroatoms. The Morgan fingerprint density at radius 2 is 1.91 bits per heavy atom. The Morgan fingerprint density at radius 3 is 2.65 bits per heavy atom. The number of amides is 1. The van der Waals surface area contributed by atoms with Gasteiger partial charge in [-0.1, -0.05) is 24.8 Å². The zero-order chi connectivity index (χ0) is 24.2. The number of ketones is 1. The minimum Gasteiger partial charge on any atom is -0.493 e. The number of nitrogens with zero attached hydrogens (tertiary/aromatic N) is 1. The SMILES string of the molecule is C=Cc1cc(C(=O)CNC(=O)c2ccc(OC)c(OC)c2)nc(-c2csc3c(F)cccc23)c1. The van der Waals surface area contributed by atoms with E-state index >= 15 is 0 Å². The number of ether oxygens (including phenoxy) is 2. The van der Waals surface area contributed by atoms with Crippen molar-refractivity contribution in [2.75, 3.05) is 20.8 Å². The number of carbonyl (C=O) groups excluding carboxylic acids is 2. The third-order valence-corrected chi connectivity index (χ3v) is 6.26. The zero-order valence-corrected chi connectivity index (χ0v) is 19.4. The lowest BCUT2D eigenvalue weighted by atomic mass is 10.1. The van der Waals surface area contributed by atoms with Crippen LogP contribution in [-0.2, 0) is 0 Å². The summed E-state index contributed by atoms with van der Waals surface area (Å²) in [5.74, 6) is -0.208. The predicted molar refractivity (Wildman–Crippen MR) is 131 cm³/mol. The van der Waals surface area contributed by atoms with Gasteiger partial charge < -0.3 is 14.8 Å². The molecule has 4 rings (SSSR count). The van der Waals surface area contributed by atoms with E-state index in [1.807, 2.05) is 11.4 Å². The summed E-state index contributed by atoms with van der Waals surface area (Å²) in [5, 5.41) is 5.15. The van der Waals surface area contributed by atoms with Crippen LogP contribution in [0.2, 0.25) is 0 Å². The maximum absolute atomic E-state index is 14.1. The van der Waals surface area contributed by atoms with Gasteiger partial charge in [-0.25, -0.2) is 9.37 Å². The highest BCUT2D eigenvalue weighted by Crippen LogP contribution is 2.35. The zero-order valence-electron chi connectivity index (χ0n) is 18.6. The Morgan fingerprint density at radius 1 is 1.12 bits per heavy atom. The normalized spacial score (nSPS) is 10.7. The van der Waals surface area contributed by atoms with Crippen molar-refractivity contribution < 1.29 is 23.5 Å². The molecule has 0 saturated heterocycles. The second-order valence-corrected chi connectivity index (χ2v) is 8.20. The van der Waals surface area contributed by atoms with E-state index in [-0.39, 0.29) is 23.8 Å². The number of thiophene rings is 1. The molecule has 0 unspecified atom stereocenters. The first-order valence-corrected chi connectivity index (χ1v) is 11.2. The molecule has 0 saturated carbocycles. The van der Waals surface area contributed by atoms with Gasteiger partial charge >= 0.3 is 0 Å². The van der Waals surface area contributed by atoms with Crippen LogP contribution in [0.1, 0.15) is 26.4 Å². The van der Waals surface area contributed by atoms with Gasteiger partial charge in [0.05, 0.1) is 31.2 Å². The Kier molecular flexibility index (Phi) is 6.70. The number of methoxy groups -OCH3 is 2. The second kappa shape index (κ2) is 9.84. The Hall–Kier alpha value is -4.04. The van der Waals surface area contributed by atoms with E-state index in [0.717, 1.165) is 10.9 Å². The van der Waals surface area contributed by atoms with Crippen LogP contribution in [0, 0.1) is 5.82 Å². The molecular formula is C26H21FN2O4S. The van der Waals surface area contributed by atoms with Crippen LogP contribution in [0.5, 0.6) is 11.5 Å². The van der Waals surface area contributed by atoms with Gasteiger partial charge in [-0.15, -0.1) is 11.3 Å². The number of rotatable bonds is 8. The maximum atomic E-state index is 14.1. The lowest BCUT2D eigenvalue weighted by Crippen LogP contribution is -2.30. The van der Waals surface area contributed by atoms with Gasteiger partial charge in [-0.3, -0.25) is 9.59 Å². The van der Waals surface area contributed by atoms with Gasteiger partial charge in [0.25, 0.3) is 5.91 Å². The Labute approximate surface area is 199 Å². The van der Waals surface area contributed by atoms with E-state index in [1.165, 1.54) is 37.7 Å². The number of Topliss-reactive ketones (excluding diaryl/α,β-unsaturated/α-hetero) is 1. The van der Waals surface area contributed by atoms with Crippen molar-refractivity contribution in [3.05, 3.63) is 83.1 Å². The van der Waals surface area contributed by atoms with Gasteiger partial charge in [-0.2, -0.15) is 0 Å². The van der Waals surface area contributed by atoms with Crippen molar-refractivity contribution in [2.24, 2.45) is 0 Å². The van der Waals surface area contributed by atoms with Gasteiger partial charge in [-0.05, 0) is 42.0 Å². The Bertz CT molecular complexity index is 1410. The fourth-order valence-electron chi connectivity index (χ4n) is 3.50. The highest BCUT2D eigenvalue weighted by atomic mass is 32.1. The highest BCUT2D eigenvalue weighted by Gasteiger charge is 2.17. The molecule has 6 nitrogen and oxygen atoms in total. The minimum absolute atomic E-state index is 0.177. The number of pyridine rings is 1. The average Bonchev–Trinajstić information content (AvgIpc) is 3.31. The fraction of sp³-hybridized carbons (Fsp3) is 0.115. The van der Waals surface area contributed by atoms with E-state index in [0.29, 0.717) is 33.0 Å². The molecule has 2 aromatic heterocycles. The molecule has 1 amide bonds. The first-order chi connectivity index (χ1) is 16.4. The minimum atomic E-state index is -0.436. The van der Waals surface area contributed by atoms with E-state index < -0.39 is 5.91 Å². The summed E-state index contributed by atoms with van der Waals surface area (Å²) in [5.41, 5.74) is 2.45. The summed E-state index contributed by atoms with van der Waals surface area (Å²) in [7, 11) is 2.98. The molecule has 34 heavy (non-hydrogen) atoms. The van der Waals surface area contributed by atoms with Gasteiger partial charge in [0, 0.05) is 21.9 Å². The van der Waals surface area contributed by atoms with Crippen molar-refractivity contribution in [2.45, 2.75) is 0 Å². The molecule has 172 valence electrons. The monoisotopic (exact) mass is 476 g/mol. The summed E-state index contributed by atoms with van der Waals surface area (Å²) in [6.45, 7) is 3.54. The van der Waals surface area contributed by atoms with Gasteiger partial charge in [0.15, 0.2) is 17.3 Å². The van der Waals surface area contributed by atoms with Crippen molar-refractivity contribution in [3.8, 4) is 22.8 Å². The Balaban J connectivity index is 1.57. The topological polar surface area (TPSA) is 77.5 Å². The first-order valence-electron chi connectivity index (χ1n) is 10.3. The van der Waals surface area contributed by atoms with Crippen molar-refractivity contribution >= 4 is 39.2 Å². The van der Waals surface area contributed by atoms with Crippen molar-refractivity contribution in [1.29, 1.82) is 0 Å². The molecule has 0 aliphatic rings. The molecule has 4 aromatic rings. The molecule has 0 aliphatic carbocycles. The van der Waals surface area contributed by atoms with E-state index in [1.54, 1.807) is 36.4 Å². The lowest BCUT2D eigenvalue weighted by molar-refractivity contribution is 0.0902. The second-order valence-electron chi connectivity index (χ2n) is 7.32. The van der Waals surface area contributed by atoms with Crippen molar-refractivity contribution in [1.82, 2.24) is 10.3 Å². The number of nitrogens with one attached hydrogen (secondary N) is 1. The predicted octanol–water partition coefficient (Wildman–Crippen LogP) is 5.38. The molecule has 0 aliphatic heterocycles. The average molecular weight is 477 g/mol. The number of halogens is 1. The largest absolute Gasteiger partial charge is 0.493 e. The molecule has 0 fully saturated rings. The van der Waals surface area contributed by atoms with Crippen LogP contribution < -0.4 is 14.8 Å². The summed E-state index contributed by atoms with van der Waals surface area (Å²) < 4.78 is 25.1. The number of aromatic nitrogens is 1. The smallest absolute Gasteiger partial charge is 0.251 e. The molecule has 0 spiro atoms. The summed E-state index contributed by atoms with van der Waals surface area (Å²) in [6, 6.07) is 13.0. The molecule has 0 bridgehead atoms. The highest BCUT2D eigenvalue weighted by molar-refractivity contribution is 7.17. The number of hydrogen-bond acceptors (Lipinski definition) is 6. The van der Waals surface area contributed by atoms with Gasteiger partial charge in [0.2, 0.25) is 0 Å². The third-order valence-electron chi connectivity index (χ3n) is 5.25. The fourth-order valence-corrected chi connectivity index (χ4v) is 4.47. The van der Waals surface area contributed by atoms with Crippen LogP contribution in [0.4, 0.5) is 4.39 Å². The molecule has 0 atom stereocenters. The molecular weight excluding hydrogens is 455 g/mol. The van der Waals surface area contributed by atoms with Crippen molar-refractivity contribution in [3.63, 3.8) is 0 Å². The van der Waals surface area contributed by atoms with Crippen LogP contribution in [0.15, 0.2) is 60.5 Å². The van der Waals surface area contributed by atoms with Crippen LogP contribution in [0.25, 0.3) is 27.4 Å².